The first-order valence-corrected chi connectivity index (χ1v) is 5.23. The number of rotatable bonds is 4. The van der Waals surface area contributed by atoms with E-state index in [-0.39, 0.29) is 18.6 Å². The van der Waals surface area contributed by atoms with E-state index in [2.05, 4.69) is 4.90 Å². The van der Waals surface area contributed by atoms with Crippen LogP contribution in [0.4, 0.5) is 4.39 Å². The minimum atomic E-state index is -0.302. The quantitative estimate of drug-likeness (QED) is 0.644. The first-order chi connectivity index (χ1) is 6.77. The Morgan fingerprint density at radius 2 is 2.14 bits per heavy atom. The number of esters is 1. The van der Waals surface area contributed by atoms with E-state index in [4.69, 9.17) is 4.74 Å². The topological polar surface area (TPSA) is 29.5 Å². The molecule has 0 spiro atoms. The Kier molecular flexibility index (Phi) is 4.87. The molecule has 0 atom stereocenters. The first-order valence-electron chi connectivity index (χ1n) is 5.23. The van der Waals surface area contributed by atoms with Gasteiger partial charge in [-0.2, -0.15) is 0 Å². The third-order valence-electron chi connectivity index (χ3n) is 2.61. The molecule has 1 fully saturated rings. The average Bonchev–Trinajstić information content (AvgIpc) is 2.20. The molecule has 0 N–H and O–H groups in total. The van der Waals surface area contributed by atoms with Crippen molar-refractivity contribution in [3.63, 3.8) is 0 Å². The number of carbonyl (C=O) groups excluding carboxylic acids is 1. The molecular formula is C10H18FNO2. The number of piperidine rings is 1. The summed E-state index contributed by atoms with van der Waals surface area (Å²) in [5.74, 6) is -0.0572. The highest BCUT2D eigenvalue weighted by molar-refractivity contribution is 5.72. The van der Waals surface area contributed by atoms with Crippen molar-refractivity contribution in [2.24, 2.45) is 5.92 Å². The molecule has 1 saturated heterocycles. The van der Waals surface area contributed by atoms with Crippen LogP contribution in [0.3, 0.4) is 0 Å². The number of hydrogen-bond donors (Lipinski definition) is 0. The molecule has 0 saturated carbocycles. The maximum absolute atomic E-state index is 12.0. The molecule has 14 heavy (non-hydrogen) atoms. The summed E-state index contributed by atoms with van der Waals surface area (Å²) < 4.78 is 17.0. The lowest BCUT2D eigenvalue weighted by Gasteiger charge is -2.29. The molecule has 0 aromatic carbocycles. The summed E-state index contributed by atoms with van der Waals surface area (Å²) in [6.07, 6.45) is 1.61. The fraction of sp³-hybridized carbons (Fsp3) is 0.900. The predicted molar refractivity (Wildman–Crippen MR) is 51.8 cm³/mol. The van der Waals surface area contributed by atoms with Crippen LogP contribution >= 0.6 is 0 Å². The number of ether oxygens (including phenoxy) is 1. The van der Waals surface area contributed by atoms with Gasteiger partial charge in [0, 0.05) is 6.54 Å². The van der Waals surface area contributed by atoms with Gasteiger partial charge >= 0.3 is 5.97 Å². The van der Waals surface area contributed by atoms with Gasteiger partial charge in [0.15, 0.2) is 0 Å². The van der Waals surface area contributed by atoms with Gasteiger partial charge < -0.3 is 9.64 Å². The van der Waals surface area contributed by atoms with E-state index >= 15 is 0 Å². The Bertz CT molecular complexity index is 179. The van der Waals surface area contributed by atoms with Gasteiger partial charge in [-0.05, 0) is 32.9 Å². The second-order valence-corrected chi connectivity index (χ2v) is 3.56. The third kappa shape index (κ3) is 3.25. The summed E-state index contributed by atoms with van der Waals surface area (Å²) in [6, 6.07) is 0. The third-order valence-corrected chi connectivity index (χ3v) is 2.61. The highest BCUT2D eigenvalue weighted by Gasteiger charge is 2.25. The molecule has 1 aliphatic heterocycles. The number of nitrogens with zero attached hydrogens (tertiary/aromatic N) is 1. The standard InChI is InChI=1S/C10H18FNO2/c1-2-14-10(13)9-3-6-12(7-4-9)8-5-11/h9H,2-8H2,1H3. The van der Waals surface area contributed by atoms with Gasteiger partial charge in [-0.25, -0.2) is 4.39 Å². The molecule has 0 aliphatic carbocycles. The predicted octanol–water partition coefficient (Wildman–Crippen LogP) is 1.23. The lowest BCUT2D eigenvalue weighted by molar-refractivity contribution is -0.149. The second-order valence-electron chi connectivity index (χ2n) is 3.56. The molecule has 3 nitrogen and oxygen atoms in total. The Hall–Kier alpha value is -0.640. The van der Waals surface area contributed by atoms with Crippen LogP contribution in [0.5, 0.6) is 0 Å². The van der Waals surface area contributed by atoms with Gasteiger partial charge in [0.05, 0.1) is 12.5 Å². The Morgan fingerprint density at radius 1 is 1.50 bits per heavy atom. The summed E-state index contributed by atoms with van der Waals surface area (Å²) in [5, 5.41) is 0. The molecule has 0 unspecified atom stereocenters. The van der Waals surface area contributed by atoms with Gasteiger partial charge in [0.25, 0.3) is 0 Å². The number of halogens is 1. The molecule has 0 amide bonds. The van der Waals surface area contributed by atoms with Crippen LogP contribution in [0.25, 0.3) is 0 Å². The summed E-state index contributed by atoms with van der Waals surface area (Å²) in [5.41, 5.74) is 0. The van der Waals surface area contributed by atoms with Gasteiger partial charge in [-0.3, -0.25) is 4.79 Å². The van der Waals surface area contributed by atoms with E-state index < -0.39 is 0 Å². The van der Waals surface area contributed by atoms with Crippen LogP contribution in [-0.2, 0) is 9.53 Å². The van der Waals surface area contributed by atoms with Crippen molar-refractivity contribution in [3.8, 4) is 0 Å². The van der Waals surface area contributed by atoms with Crippen molar-refractivity contribution >= 4 is 5.97 Å². The van der Waals surface area contributed by atoms with E-state index in [0.717, 1.165) is 25.9 Å². The van der Waals surface area contributed by atoms with Gasteiger partial charge in [0.1, 0.15) is 6.67 Å². The molecule has 1 aliphatic rings. The second kappa shape index (κ2) is 5.96. The minimum Gasteiger partial charge on any atom is -0.466 e. The van der Waals surface area contributed by atoms with Crippen molar-refractivity contribution in [2.45, 2.75) is 19.8 Å². The zero-order valence-electron chi connectivity index (χ0n) is 8.67. The monoisotopic (exact) mass is 203 g/mol. The van der Waals surface area contributed by atoms with Crippen LogP contribution in [0.1, 0.15) is 19.8 Å². The number of likely N-dealkylation sites (tertiary alicyclic amines) is 1. The van der Waals surface area contributed by atoms with Crippen LogP contribution in [0.2, 0.25) is 0 Å². The van der Waals surface area contributed by atoms with Crippen molar-refractivity contribution in [3.05, 3.63) is 0 Å². The molecule has 1 heterocycles. The van der Waals surface area contributed by atoms with E-state index in [9.17, 15) is 9.18 Å². The number of hydrogen-bond acceptors (Lipinski definition) is 3. The fourth-order valence-electron chi connectivity index (χ4n) is 1.77. The highest BCUT2D eigenvalue weighted by Crippen LogP contribution is 2.18. The van der Waals surface area contributed by atoms with E-state index in [0.29, 0.717) is 13.2 Å². The summed E-state index contributed by atoms with van der Waals surface area (Å²) in [6.45, 7) is 4.08. The zero-order valence-corrected chi connectivity index (χ0v) is 8.67. The molecule has 1 rings (SSSR count). The Morgan fingerprint density at radius 3 is 2.64 bits per heavy atom. The summed E-state index contributed by atoms with van der Waals surface area (Å²) in [7, 11) is 0. The van der Waals surface area contributed by atoms with Crippen molar-refractivity contribution in [2.75, 3.05) is 32.9 Å². The lowest BCUT2D eigenvalue weighted by atomic mass is 9.97. The van der Waals surface area contributed by atoms with Gasteiger partial charge in [-0.1, -0.05) is 0 Å². The van der Waals surface area contributed by atoms with Crippen molar-refractivity contribution in [1.29, 1.82) is 0 Å². The first kappa shape index (κ1) is 11.4. The molecule has 4 heteroatoms. The number of carbonyl (C=O) groups is 1. The minimum absolute atomic E-state index is 0.0332. The fourth-order valence-corrected chi connectivity index (χ4v) is 1.77. The van der Waals surface area contributed by atoms with Crippen LogP contribution in [-0.4, -0.2) is 43.8 Å². The van der Waals surface area contributed by atoms with E-state index in [1.807, 2.05) is 6.92 Å². The van der Waals surface area contributed by atoms with Gasteiger partial charge in [-0.15, -0.1) is 0 Å². The summed E-state index contributed by atoms with van der Waals surface area (Å²) in [4.78, 5) is 13.4. The molecule has 0 radical (unpaired) electrons. The molecule has 0 aromatic rings. The SMILES string of the molecule is CCOC(=O)C1CCN(CCF)CC1. The van der Waals surface area contributed by atoms with Crippen LogP contribution < -0.4 is 0 Å². The molecule has 82 valence electrons. The van der Waals surface area contributed by atoms with Crippen LogP contribution in [0, 0.1) is 5.92 Å². The number of alkyl halides is 1. The molecular weight excluding hydrogens is 185 g/mol. The Balaban J connectivity index is 2.24. The van der Waals surface area contributed by atoms with Crippen molar-refractivity contribution in [1.82, 2.24) is 4.90 Å². The maximum Gasteiger partial charge on any atom is 0.309 e. The van der Waals surface area contributed by atoms with Gasteiger partial charge in [0.2, 0.25) is 0 Å². The highest BCUT2D eigenvalue weighted by atomic mass is 19.1. The smallest absolute Gasteiger partial charge is 0.309 e. The molecule has 0 aromatic heterocycles. The lowest BCUT2D eigenvalue weighted by Crippen LogP contribution is -2.37. The maximum atomic E-state index is 12.0. The molecule has 0 bridgehead atoms. The van der Waals surface area contributed by atoms with E-state index in [1.165, 1.54) is 0 Å². The van der Waals surface area contributed by atoms with Crippen LogP contribution in [0.15, 0.2) is 0 Å². The van der Waals surface area contributed by atoms with E-state index in [1.54, 1.807) is 0 Å². The average molecular weight is 203 g/mol. The normalized spacial score (nSPS) is 19.6. The van der Waals surface area contributed by atoms with Crippen molar-refractivity contribution < 1.29 is 13.9 Å². The summed E-state index contributed by atoms with van der Waals surface area (Å²) >= 11 is 0. The zero-order chi connectivity index (χ0) is 10.4. The largest absolute Gasteiger partial charge is 0.466 e. The Labute approximate surface area is 84.2 Å².